The number of hydrogen-bond acceptors (Lipinski definition) is 2. The molecule has 3 rings (SSSR count). The van der Waals surface area contributed by atoms with E-state index >= 15 is 0 Å². The van der Waals surface area contributed by atoms with Crippen LogP contribution in [0.5, 0.6) is 0 Å². The summed E-state index contributed by atoms with van der Waals surface area (Å²) in [5, 5.41) is 2.84. The summed E-state index contributed by atoms with van der Waals surface area (Å²) in [6, 6.07) is 13.6. The molecular weight excluding hydrogens is 274 g/mol. The molecule has 1 aromatic carbocycles. The first-order valence-electron chi connectivity index (χ1n) is 7.12. The molecule has 0 aliphatic carbocycles. The minimum Gasteiger partial charge on any atom is -0.323 e. The van der Waals surface area contributed by atoms with Crippen molar-refractivity contribution >= 4 is 17.2 Å². The van der Waals surface area contributed by atoms with E-state index in [0.29, 0.717) is 0 Å². The van der Waals surface area contributed by atoms with Crippen molar-refractivity contribution in [3.63, 3.8) is 0 Å². The molecule has 1 N–H and O–H groups in total. The number of anilines is 1. The van der Waals surface area contributed by atoms with E-state index in [-0.39, 0.29) is 5.91 Å². The maximum absolute atomic E-state index is 11.7. The first kappa shape index (κ1) is 14.1. The number of fused-ring (bicyclic) bond motifs is 1. The van der Waals surface area contributed by atoms with E-state index in [1.54, 1.807) is 6.08 Å². The van der Waals surface area contributed by atoms with Crippen LogP contribution in [0.15, 0.2) is 66.5 Å². The predicted molar refractivity (Wildman–Crippen MR) is 88.7 cm³/mol. The number of nitrogens with one attached hydrogen (secondary N) is 1. The maximum Gasteiger partial charge on any atom is 0.248 e. The van der Waals surface area contributed by atoms with Gasteiger partial charge in [-0.1, -0.05) is 23.8 Å². The molecule has 0 aliphatic rings. The molecule has 1 amide bonds. The van der Waals surface area contributed by atoms with Crippen LogP contribution in [0.25, 0.3) is 16.9 Å². The summed E-state index contributed by atoms with van der Waals surface area (Å²) in [6.45, 7) is 3.79. The monoisotopic (exact) mass is 291 g/mol. The van der Waals surface area contributed by atoms with Crippen LogP contribution in [0.1, 0.15) is 13.8 Å². The Labute approximate surface area is 129 Å². The van der Waals surface area contributed by atoms with Crippen LogP contribution >= 0.6 is 0 Å². The van der Waals surface area contributed by atoms with Crippen molar-refractivity contribution in [2.45, 2.75) is 13.8 Å². The summed E-state index contributed by atoms with van der Waals surface area (Å²) in [6.07, 6.45) is 5.54. The Morgan fingerprint density at radius 2 is 1.91 bits per heavy atom. The van der Waals surface area contributed by atoms with E-state index in [2.05, 4.69) is 10.3 Å². The average molecular weight is 291 g/mol. The van der Waals surface area contributed by atoms with Gasteiger partial charge in [0.2, 0.25) is 5.91 Å². The molecule has 0 saturated carbocycles. The zero-order chi connectivity index (χ0) is 15.5. The van der Waals surface area contributed by atoms with Crippen LogP contribution in [0.3, 0.4) is 0 Å². The summed E-state index contributed by atoms with van der Waals surface area (Å²) in [7, 11) is 0. The maximum atomic E-state index is 11.7. The largest absolute Gasteiger partial charge is 0.323 e. The Kier molecular flexibility index (Phi) is 3.74. The zero-order valence-electron chi connectivity index (χ0n) is 12.6. The lowest BCUT2D eigenvalue weighted by molar-refractivity contribution is -0.111. The number of allylic oxidation sites excluding steroid dienone is 1. The second-order valence-corrected chi connectivity index (χ2v) is 5.38. The number of carbonyl (C=O) groups is 1. The molecule has 110 valence electrons. The van der Waals surface area contributed by atoms with Crippen molar-refractivity contribution in [1.29, 1.82) is 0 Å². The fraction of sp³-hybridized carbons (Fsp3) is 0.111. The molecular formula is C18H17N3O. The highest BCUT2D eigenvalue weighted by Gasteiger charge is 2.04. The lowest BCUT2D eigenvalue weighted by Crippen LogP contribution is -2.08. The highest BCUT2D eigenvalue weighted by Crippen LogP contribution is 2.21. The van der Waals surface area contributed by atoms with Crippen molar-refractivity contribution in [1.82, 2.24) is 9.38 Å². The Balaban J connectivity index is 1.82. The molecule has 0 saturated heterocycles. The van der Waals surface area contributed by atoms with Crippen molar-refractivity contribution in [3.8, 4) is 11.3 Å². The van der Waals surface area contributed by atoms with Crippen LogP contribution < -0.4 is 5.32 Å². The summed E-state index contributed by atoms with van der Waals surface area (Å²) < 4.78 is 1.99. The number of hydrogen-bond donors (Lipinski definition) is 1. The van der Waals surface area contributed by atoms with Crippen molar-refractivity contribution in [2.24, 2.45) is 0 Å². The summed E-state index contributed by atoms with van der Waals surface area (Å²) in [5.41, 5.74) is 4.59. The number of rotatable bonds is 3. The molecule has 4 heteroatoms. The predicted octanol–water partition coefficient (Wildman–Crippen LogP) is 3.91. The molecule has 0 aliphatic heterocycles. The van der Waals surface area contributed by atoms with Crippen molar-refractivity contribution in [2.75, 3.05) is 5.32 Å². The van der Waals surface area contributed by atoms with Gasteiger partial charge in [-0.15, -0.1) is 0 Å². The highest BCUT2D eigenvalue weighted by molar-refractivity contribution is 5.99. The Hall–Kier alpha value is -2.88. The molecule has 0 radical (unpaired) electrons. The van der Waals surface area contributed by atoms with Crippen LogP contribution in [0.2, 0.25) is 0 Å². The van der Waals surface area contributed by atoms with E-state index in [1.165, 1.54) is 0 Å². The van der Waals surface area contributed by atoms with E-state index in [1.807, 2.05) is 73.1 Å². The standard InChI is InChI=1S/C18H17N3O/c1-13(2)11-18(22)19-15-8-6-14(7-9-15)16-12-21-10-4-3-5-17(21)20-16/h3-12H,1-2H3,(H,19,22). The molecule has 4 nitrogen and oxygen atoms in total. The summed E-state index contributed by atoms with van der Waals surface area (Å²) in [5.74, 6) is -0.111. The lowest BCUT2D eigenvalue weighted by atomic mass is 10.1. The minimum absolute atomic E-state index is 0.111. The van der Waals surface area contributed by atoms with Gasteiger partial charge in [0.05, 0.1) is 5.69 Å². The zero-order valence-corrected chi connectivity index (χ0v) is 12.6. The minimum atomic E-state index is -0.111. The van der Waals surface area contributed by atoms with Crippen LogP contribution in [0, 0.1) is 0 Å². The second kappa shape index (κ2) is 5.85. The first-order valence-corrected chi connectivity index (χ1v) is 7.12. The normalized spacial score (nSPS) is 10.5. The number of aromatic nitrogens is 2. The molecule has 0 spiro atoms. The molecule has 2 heterocycles. The molecule has 0 atom stereocenters. The quantitative estimate of drug-likeness (QED) is 0.744. The fourth-order valence-corrected chi connectivity index (χ4v) is 2.24. The van der Waals surface area contributed by atoms with Gasteiger partial charge in [-0.3, -0.25) is 4.79 Å². The average Bonchev–Trinajstić information content (AvgIpc) is 2.91. The molecule has 3 aromatic rings. The van der Waals surface area contributed by atoms with Gasteiger partial charge < -0.3 is 9.72 Å². The number of pyridine rings is 1. The number of benzene rings is 1. The molecule has 2 aromatic heterocycles. The molecule has 22 heavy (non-hydrogen) atoms. The van der Waals surface area contributed by atoms with Gasteiger partial charge in [0.15, 0.2) is 0 Å². The molecule has 0 bridgehead atoms. The number of nitrogens with zero attached hydrogens (tertiary/aromatic N) is 2. The van der Waals surface area contributed by atoms with Crippen LogP contribution in [0.4, 0.5) is 5.69 Å². The van der Waals surface area contributed by atoms with Gasteiger partial charge in [-0.2, -0.15) is 0 Å². The smallest absolute Gasteiger partial charge is 0.248 e. The first-order chi connectivity index (χ1) is 10.6. The van der Waals surface area contributed by atoms with Gasteiger partial charge in [-0.25, -0.2) is 4.98 Å². The summed E-state index contributed by atoms with van der Waals surface area (Å²) in [4.78, 5) is 16.3. The number of amides is 1. The van der Waals surface area contributed by atoms with E-state index in [9.17, 15) is 4.79 Å². The molecule has 0 unspecified atom stereocenters. The van der Waals surface area contributed by atoms with Crippen molar-refractivity contribution in [3.05, 3.63) is 66.5 Å². The van der Waals surface area contributed by atoms with Gasteiger partial charge in [0, 0.05) is 29.7 Å². The van der Waals surface area contributed by atoms with Gasteiger partial charge >= 0.3 is 0 Å². The van der Waals surface area contributed by atoms with Gasteiger partial charge in [0.1, 0.15) is 5.65 Å². The SMILES string of the molecule is CC(C)=CC(=O)Nc1ccc(-c2cn3ccccc3n2)cc1. The number of imidazole rings is 1. The third-order valence-corrected chi connectivity index (χ3v) is 3.23. The number of carbonyl (C=O) groups excluding carboxylic acids is 1. The van der Waals surface area contributed by atoms with E-state index in [4.69, 9.17) is 0 Å². The van der Waals surface area contributed by atoms with Crippen LogP contribution in [-0.4, -0.2) is 15.3 Å². The molecule has 0 fully saturated rings. The Morgan fingerprint density at radius 1 is 1.14 bits per heavy atom. The van der Waals surface area contributed by atoms with Gasteiger partial charge in [0.25, 0.3) is 0 Å². The lowest BCUT2D eigenvalue weighted by Gasteiger charge is -2.03. The Morgan fingerprint density at radius 3 is 2.59 bits per heavy atom. The fourth-order valence-electron chi connectivity index (χ4n) is 2.24. The Bertz CT molecular complexity index is 807. The highest BCUT2D eigenvalue weighted by atomic mass is 16.1. The van der Waals surface area contributed by atoms with Crippen LogP contribution in [-0.2, 0) is 4.79 Å². The second-order valence-electron chi connectivity index (χ2n) is 5.38. The third-order valence-electron chi connectivity index (χ3n) is 3.23. The summed E-state index contributed by atoms with van der Waals surface area (Å²) >= 11 is 0. The van der Waals surface area contributed by atoms with E-state index in [0.717, 1.165) is 28.2 Å². The van der Waals surface area contributed by atoms with E-state index < -0.39 is 0 Å². The van der Waals surface area contributed by atoms with Crippen molar-refractivity contribution < 1.29 is 4.79 Å². The third kappa shape index (κ3) is 3.06. The van der Waals surface area contributed by atoms with Gasteiger partial charge in [-0.05, 0) is 38.1 Å². The topological polar surface area (TPSA) is 46.4 Å².